The van der Waals surface area contributed by atoms with E-state index in [4.69, 9.17) is 0 Å². The summed E-state index contributed by atoms with van der Waals surface area (Å²) >= 11 is 1.92. The average Bonchev–Trinajstić information content (AvgIpc) is 3.09. The van der Waals surface area contributed by atoms with Gasteiger partial charge in [-0.05, 0) is 50.8 Å². The number of rotatable bonds is 12. The molecule has 2 N–H and O–H groups in total. The number of likely N-dealkylation sites (N-methyl/N-ethyl adjacent to an activating group) is 2. The van der Waals surface area contributed by atoms with Gasteiger partial charge in [0.05, 0.1) is 0 Å². The van der Waals surface area contributed by atoms with Crippen LogP contribution in [0, 0.1) is 0 Å². The third-order valence-electron chi connectivity index (χ3n) is 4.85. The van der Waals surface area contributed by atoms with Crippen LogP contribution in [0.15, 0.2) is 4.99 Å². The summed E-state index contributed by atoms with van der Waals surface area (Å²) in [6, 6.07) is 0.572. The van der Waals surface area contributed by atoms with Crippen LogP contribution in [0.1, 0.15) is 45.4 Å². The van der Waals surface area contributed by atoms with Crippen LogP contribution in [0.3, 0.4) is 0 Å². The molecule has 0 aromatic rings. The fraction of sp³-hybridized carbons (Fsp3) is 0.895. The molecule has 1 aliphatic rings. The Balaban J connectivity index is 2.40. The monoisotopic (exact) mass is 385 g/mol. The lowest BCUT2D eigenvalue weighted by molar-refractivity contribution is -0.127. The van der Waals surface area contributed by atoms with Crippen LogP contribution < -0.4 is 10.6 Å². The zero-order chi connectivity index (χ0) is 19.2. The zero-order valence-electron chi connectivity index (χ0n) is 17.2. The largest absolute Gasteiger partial charge is 0.356 e. The number of likely N-dealkylation sites (tertiary alicyclic amines) is 1. The van der Waals surface area contributed by atoms with Crippen molar-refractivity contribution in [1.29, 1.82) is 0 Å². The molecule has 152 valence electrons. The van der Waals surface area contributed by atoms with Crippen LogP contribution in [-0.4, -0.2) is 86.5 Å². The van der Waals surface area contributed by atoms with Gasteiger partial charge in [-0.15, -0.1) is 0 Å². The highest BCUT2D eigenvalue weighted by atomic mass is 32.2. The van der Waals surface area contributed by atoms with Crippen LogP contribution in [0.2, 0.25) is 0 Å². The quantitative estimate of drug-likeness (QED) is 0.306. The van der Waals surface area contributed by atoms with Gasteiger partial charge in [-0.1, -0.05) is 19.8 Å². The van der Waals surface area contributed by atoms with E-state index in [-0.39, 0.29) is 12.5 Å². The summed E-state index contributed by atoms with van der Waals surface area (Å²) in [5.74, 6) is 2.05. The van der Waals surface area contributed by atoms with Crippen molar-refractivity contribution in [3.05, 3.63) is 0 Å². The molecule has 7 heteroatoms. The molecule has 0 aliphatic carbocycles. The minimum atomic E-state index is 0.0271. The number of guanidine groups is 1. The Hall–Kier alpha value is -0.950. The number of thioether (sulfide) groups is 1. The molecule has 6 nitrogen and oxygen atoms in total. The van der Waals surface area contributed by atoms with E-state index >= 15 is 0 Å². The molecule has 0 radical (unpaired) electrons. The standard InChI is InChI=1S/C19H39N5OS/c1-5-24-13-10-11-17(24)15-21-19(22-16-18(25)23(2)3)20-12-8-6-7-9-14-26-4/h17H,5-16H2,1-4H3,(H2,20,21,22). The predicted molar refractivity (Wildman–Crippen MR) is 114 cm³/mol. The van der Waals surface area contributed by atoms with Gasteiger partial charge in [-0.3, -0.25) is 9.69 Å². The normalized spacial score (nSPS) is 18.2. The van der Waals surface area contributed by atoms with Crippen molar-refractivity contribution in [2.24, 2.45) is 4.99 Å². The highest BCUT2D eigenvalue weighted by Crippen LogP contribution is 2.15. The lowest BCUT2D eigenvalue weighted by Crippen LogP contribution is -2.45. The molecule has 1 amide bonds. The minimum absolute atomic E-state index is 0.0271. The number of unbranched alkanes of at least 4 members (excludes halogenated alkanes) is 3. The molecule has 1 fully saturated rings. The van der Waals surface area contributed by atoms with Crippen LogP contribution >= 0.6 is 11.8 Å². The minimum Gasteiger partial charge on any atom is -0.356 e. The number of amides is 1. The number of carbonyl (C=O) groups is 1. The van der Waals surface area contributed by atoms with Gasteiger partial charge in [-0.25, -0.2) is 4.99 Å². The number of aliphatic imine (C=N–C) groups is 1. The van der Waals surface area contributed by atoms with E-state index in [0.29, 0.717) is 6.04 Å². The Morgan fingerprint density at radius 3 is 2.69 bits per heavy atom. The summed E-state index contributed by atoms with van der Waals surface area (Å²) in [4.78, 5) is 20.4. The number of hydrogen-bond acceptors (Lipinski definition) is 4. The third-order valence-corrected chi connectivity index (χ3v) is 5.55. The molecule has 1 heterocycles. The van der Waals surface area contributed by atoms with E-state index in [2.05, 4.69) is 33.7 Å². The average molecular weight is 386 g/mol. The molecule has 26 heavy (non-hydrogen) atoms. The Kier molecular flexibility index (Phi) is 12.6. The predicted octanol–water partition coefficient (Wildman–Crippen LogP) is 2.02. The van der Waals surface area contributed by atoms with Crippen LogP contribution in [0.25, 0.3) is 0 Å². The molecule has 0 aromatic carbocycles. The van der Waals surface area contributed by atoms with E-state index < -0.39 is 0 Å². The summed E-state index contributed by atoms with van der Waals surface area (Å²) in [5.41, 5.74) is 0. The Bertz CT molecular complexity index is 417. The van der Waals surface area contributed by atoms with Crippen molar-refractivity contribution in [1.82, 2.24) is 20.4 Å². The van der Waals surface area contributed by atoms with Crippen molar-refractivity contribution in [2.75, 3.05) is 58.8 Å². The maximum atomic E-state index is 11.8. The smallest absolute Gasteiger partial charge is 0.243 e. The van der Waals surface area contributed by atoms with Gasteiger partial charge in [0, 0.05) is 33.2 Å². The zero-order valence-corrected chi connectivity index (χ0v) is 18.0. The summed E-state index contributed by atoms with van der Waals surface area (Å²) in [6.07, 6.45) is 9.64. The molecule has 0 bridgehead atoms. The Labute approximate surface area is 164 Å². The molecule has 1 atom stereocenters. The fourth-order valence-corrected chi connectivity index (χ4v) is 3.64. The number of carbonyl (C=O) groups excluding carboxylic acids is 1. The van der Waals surface area contributed by atoms with E-state index in [0.717, 1.165) is 32.0 Å². The summed E-state index contributed by atoms with van der Waals surface area (Å²) in [7, 11) is 3.54. The first kappa shape index (κ1) is 23.1. The number of nitrogens with one attached hydrogen (secondary N) is 2. The van der Waals surface area contributed by atoms with Crippen molar-refractivity contribution in [2.45, 2.75) is 51.5 Å². The first-order valence-electron chi connectivity index (χ1n) is 10.0. The molecule has 0 aromatic heterocycles. The first-order chi connectivity index (χ1) is 12.6. The summed E-state index contributed by atoms with van der Waals surface area (Å²) < 4.78 is 0. The molecule has 1 aliphatic heterocycles. The summed E-state index contributed by atoms with van der Waals surface area (Å²) in [6.45, 7) is 6.50. The van der Waals surface area contributed by atoms with Gasteiger partial charge in [0.1, 0.15) is 6.54 Å². The number of hydrogen-bond donors (Lipinski definition) is 2. The van der Waals surface area contributed by atoms with Crippen LogP contribution in [-0.2, 0) is 4.79 Å². The molecule has 1 rings (SSSR count). The van der Waals surface area contributed by atoms with Gasteiger partial charge in [0.15, 0.2) is 5.96 Å². The van der Waals surface area contributed by atoms with Crippen molar-refractivity contribution in [3.8, 4) is 0 Å². The second-order valence-corrected chi connectivity index (χ2v) is 8.08. The van der Waals surface area contributed by atoms with Crippen molar-refractivity contribution < 1.29 is 4.79 Å². The van der Waals surface area contributed by atoms with Crippen molar-refractivity contribution in [3.63, 3.8) is 0 Å². The highest BCUT2D eigenvalue weighted by molar-refractivity contribution is 7.98. The molecule has 0 spiro atoms. The van der Waals surface area contributed by atoms with E-state index in [9.17, 15) is 4.79 Å². The van der Waals surface area contributed by atoms with E-state index in [1.165, 1.54) is 44.4 Å². The topological polar surface area (TPSA) is 60.0 Å². The van der Waals surface area contributed by atoms with Crippen LogP contribution in [0.4, 0.5) is 0 Å². The first-order valence-corrected chi connectivity index (χ1v) is 11.4. The molecule has 1 unspecified atom stereocenters. The third kappa shape index (κ3) is 9.67. The molecular formula is C19H39N5OS. The lowest BCUT2D eigenvalue weighted by Gasteiger charge is -2.24. The molecule has 0 saturated carbocycles. The maximum absolute atomic E-state index is 11.8. The van der Waals surface area contributed by atoms with Gasteiger partial charge < -0.3 is 15.5 Å². The Morgan fingerprint density at radius 2 is 2.00 bits per heavy atom. The van der Waals surface area contributed by atoms with Gasteiger partial charge in [-0.2, -0.15) is 11.8 Å². The van der Waals surface area contributed by atoms with Gasteiger partial charge in [0.2, 0.25) is 5.91 Å². The lowest BCUT2D eigenvalue weighted by atomic mass is 10.2. The van der Waals surface area contributed by atoms with Gasteiger partial charge in [0.25, 0.3) is 0 Å². The fourth-order valence-electron chi connectivity index (χ4n) is 3.15. The summed E-state index contributed by atoms with van der Waals surface area (Å²) in [5, 5.41) is 6.86. The second-order valence-electron chi connectivity index (χ2n) is 7.09. The number of nitrogens with zero attached hydrogens (tertiary/aromatic N) is 3. The van der Waals surface area contributed by atoms with E-state index in [1.54, 1.807) is 19.0 Å². The Morgan fingerprint density at radius 1 is 1.23 bits per heavy atom. The highest BCUT2D eigenvalue weighted by Gasteiger charge is 2.22. The maximum Gasteiger partial charge on any atom is 0.243 e. The second kappa shape index (κ2) is 14.2. The van der Waals surface area contributed by atoms with Gasteiger partial charge >= 0.3 is 0 Å². The van der Waals surface area contributed by atoms with Crippen LogP contribution in [0.5, 0.6) is 0 Å². The van der Waals surface area contributed by atoms with E-state index in [1.807, 2.05) is 11.8 Å². The SMILES string of the molecule is CCN1CCCC1CNC(=NCC(=O)N(C)C)NCCCCCCSC. The van der Waals surface area contributed by atoms with Crippen molar-refractivity contribution >= 4 is 23.6 Å². The molecular weight excluding hydrogens is 346 g/mol. The molecule has 1 saturated heterocycles.